The van der Waals surface area contributed by atoms with Crippen molar-refractivity contribution in [1.29, 1.82) is 0 Å². The van der Waals surface area contributed by atoms with Gasteiger partial charge < -0.3 is 10.1 Å². The fourth-order valence-electron chi connectivity index (χ4n) is 2.65. The van der Waals surface area contributed by atoms with Gasteiger partial charge in [-0.2, -0.15) is 8.78 Å². The first-order valence-electron chi connectivity index (χ1n) is 7.56. The van der Waals surface area contributed by atoms with E-state index in [1.165, 1.54) is 29.5 Å². The first-order chi connectivity index (χ1) is 12.3. The number of hydrogen-bond acceptors (Lipinski definition) is 5. The van der Waals surface area contributed by atoms with Crippen LogP contribution in [-0.4, -0.2) is 22.5 Å². The first-order valence-corrected chi connectivity index (χ1v) is 8.75. The van der Waals surface area contributed by atoms with Gasteiger partial charge in [0.25, 0.3) is 5.91 Å². The Labute approximate surface area is 157 Å². The van der Waals surface area contributed by atoms with Crippen molar-refractivity contribution in [2.24, 2.45) is 0 Å². The van der Waals surface area contributed by atoms with Gasteiger partial charge in [0.1, 0.15) is 16.4 Å². The van der Waals surface area contributed by atoms with Crippen LogP contribution >= 0.6 is 22.9 Å². The highest BCUT2D eigenvalue weighted by molar-refractivity contribution is 7.20. The van der Waals surface area contributed by atoms with Crippen molar-refractivity contribution in [3.05, 3.63) is 45.2 Å². The zero-order valence-electron chi connectivity index (χ0n) is 14.1. The molecule has 0 radical (unpaired) electrons. The minimum atomic E-state index is -2.97. The number of anilines is 1. The molecule has 1 N–H and O–H groups in total. The molecule has 0 aliphatic heterocycles. The maximum atomic E-state index is 12.6. The number of carbonyl (C=O) groups is 1. The number of fused-ring (bicyclic) bond motifs is 1. The number of rotatable bonds is 4. The molecule has 2 heterocycles. The predicted molar refractivity (Wildman–Crippen MR) is 97.7 cm³/mol. The molecule has 9 heteroatoms. The zero-order chi connectivity index (χ0) is 19.0. The number of carbonyl (C=O) groups excluding carboxylic acids is 1. The van der Waals surface area contributed by atoms with Gasteiger partial charge in [0.05, 0.1) is 9.90 Å². The molecule has 0 aliphatic rings. The molecule has 3 aromatic rings. The number of aryl methyl sites for hydroxylation is 3. The Bertz CT molecular complexity index is 1010. The molecule has 0 saturated carbocycles. The standard InChI is InChI=1S/C17H14ClF2N3O2S/c1-7-13-8(2)21-9(3)22-16(13)26-14(7)15(24)23-10-4-5-12(11(18)6-10)25-17(19)20/h4-6,17H,1-3H3,(H,23,24). The van der Waals surface area contributed by atoms with Crippen molar-refractivity contribution in [3.8, 4) is 5.75 Å². The lowest BCUT2D eigenvalue weighted by molar-refractivity contribution is -0.0497. The number of benzene rings is 1. The normalized spacial score (nSPS) is 11.2. The molecule has 1 amide bonds. The van der Waals surface area contributed by atoms with Crippen LogP contribution in [0.4, 0.5) is 14.5 Å². The highest BCUT2D eigenvalue weighted by Gasteiger charge is 2.19. The highest BCUT2D eigenvalue weighted by atomic mass is 35.5. The van der Waals surface area contributed by atoms with E-state index in [2.05, 4.69) is 20.0 Å². The molecular weight excluding hydrogens is 384 g/mol. The van der Waals surface area contributed by atoms with E-state index < -0.39 is 6.61 Å². The van der Waals surface area contributed by atoms with Gasteiger partial charge in [0.2, 0.25) is 0 Å². The van der Waals surface area contributed by atoms with Crippen LogP contribution in [0.2, 0.25) is 5.02 Å². The third-order valence-electron chi connectivity index (χ3n) is 3.69. The molecule has 0 atom stereocenters. The van der Waals surface area contributed by atoms with Crippen LogP contribution in [0.15, 0.2) is 18.2 Å². The summed E-state index contributed by atoms with van der Waals surface area (Å²) < 4.78 is 28.8. The van der Waals surface area contributed by atoms with E-state index in [9.17, 15) is 13.6 Å². The van der Waals surface area contributed by atoms with Crippen molar-refractivity contribution in [2.75, 3.05) is 5.32 Å². The summed E-state index contributed by atoms with van der Waals surface area (Å²) in [5.41, 5.74) is 1.98. The molecule has 136 valence electrons. The molecule has 0 bridgehead atoms. The van der Waals surface area contributed by atoms with Gasteiger partial charge in [-0.1, -0.05) is 11.6 Å². The summed E-state index contributed by atoms with van der Waals surface area (Å²) in [6.45, 7) is 2.54. The summed E-state index contributed by atoms with van der Waals surface area (Å²) in [6.07, 6.45) is 0. The largest absolute Gasteiger partial charge is 0.433 e. The van der Waals surface area contributed by atoms with E-state index in [1.807, 2.05) is 13.8 Å². The summed E-state index contributed by atoms with van der Waals surface area (Å²) >= 11 is 7.19. The molecule has 0 unspecified atom stereocenters. The van der Waals surface area contributed by atoms with Crippen LogP contribution < -0.4 is 10.1 Å². The van der Waals surface area contributed by atoms with Crippen molar-refractivity contribution >= 4 is 44.7 Å². The average molecular weight is 398 g/mol. The topological polar surface area (TPSA) is 64.1 Å². The monoisotopic (exact) mass is 397 g/mol. The summed E-state index contributed by atoms with van der Waals surface area (Å²) in [4.78, 5) is 22.6. The maximum absolute atomic E-state index is 12.6. The third-order valence-corrected chi connectivity index (χ3v) is 5.17. The quantitative estimate of drug-likeness (QED) is 0.663. The van der Waals surface area contributed by atoms with Gasteiger partial charge in [-0.3, -0.25) is 4.79 Å². The number of hydrogen-bond donors (Lipinski definition) is 1. The number of amides is 1. The summed E-state index contributed by atoms with van der Waals surface area (Å²) in [5, 5.41) is 3.56. The molecule has 5 nitrogen and oxygen atoms in total. The van der Waals surface area contributed by atoms with Crippen LogP contribution in [0.3, 0.4) is 0 Å². The Morgan fingerprint density at radius 3 is 2.65 bits per heavy atom. The maximum Gasteiger partial charge on any atom is 0.387 e. The fraction of sp³-hybridized carbons (Fsp3) is 0.235. The molecule has 0 aliphatic carbocycles. The Morgan fingerprint density at radius 1 is 1.27 bits per heavy atom. The van der Waals surface area contributed by atoms with E-state index in [4.69, 9.17) is 11.6 Å². The highest BCUT2D eigenvalue weighted by Crippen LogP contribution is 2.33. The number of thiophene rings is 1. The van der Waals surface area contributed by atoms with Crippen LogP contribution in [0.1, 0.15) is 26.8 Å². The van der Waals surface area contributed by atoms with Crippen molar-refractivity contribution in [1.82, 2.24) is 9.97 Å². The second-order valence-electron chi connectivity index (χ2n) is 5.57. The molecular formula is C17H14ClF2N3O2S. The third kappa shape index (κ3) is 3.61. The summed E-state index contributed by atoms with van der Waals surface area (Å²) in [5.74, 6) is 0.157. The summed E-state index contributed by atoms with van der Waals surface area (Å²) in [6, 6.07) is 4.08. The van der Waals surface area contributed by atoms with E-state index in [1.54, 1.807) is 6.92 Å². The molecule has 0 fully saturated rings. The van der Waals surface area contributed by atoms with E-state index in [-0.39, 0.29) is 16.7 Å². The number of aromatic nitrogens is 2. The Morgan fingerprint density at radius 2 is 2.00 bits per heavy atom. The van der Waals surface area contributed by atoms with Gasteiger partial charge in [-0.15, -0.1) is 11.3 Å². The second-order valence-corrected chi connectivity index (χ2v) is 6.98. The molecule has 26 heavy (non-hydrogen) atoms. The van der Waals surface area contributed by atoms with E-state index >= 15 is 0 Å². The smallest absolute Gasteiger partial charge is 0.387 e. The Hall–Kier alpha value is -2.32. The van der Waals surface area contributed by atoms with Crippen LogP contribution in [0.5, 0.6) is 5.75 Å². The van der Waals surface area contributed by atoms with Crippen molar-refractivity contribution < 1.29 is 18.3 Å². The molecule has 3 rings (SSSR count). The first kappa shape index (κ1) is 18.5. The SMILES string of the molecule is Cc1nc(C)c2c(C)c(C(=O)Nc3ccc(OC(F)F)c(Cl)c3)sc2n1. The minimum absolute atomic E-state index is 0.0199. The Kier molecular flexibility index (Phi) is 5.06. The van der Waals surface area contributed by atoms with Gasteiger partial charge in [-0.05, 0) is 44.5 Å². The van der Waals surface area contributed by atoms with Gasteiger partial charge in [-0.25, -0.2) is 9.97 Å². The van der Waals surface area contributed by atoms with Crippen LogP contribution in [0, 0.1) is 20.8 Å². The van der Waals surface area contributed by atoms with Crippen LogP contribution in [0.25, 0.3) is 10.2 Å². The van der Waals surface area contributed by atoms with Gasteiger partial charge in [0.15, 0.2) is 0 Å². The fourth-order valence-corrected chi connectivity index (χ4v) is 4.05. The second kappa shape index (κ2) is 7.13. The van der Waals surface area contributed by atoms with Crippen LogP contribution in [-0.2, 0) is 0 Å². The number of nitrogens with zero attached hydrogens (tertiary/aromatic N) is 2. The lowest BCUT2D eigenvalue weighted by Crippen LogP contribution is -2.11. The minimum Gasteiger partial charge on any atom is -0.433 e. The lowest BCUT2D eigenvalue weighted by atomic mass is 10.1. The van der Waals surface area contributed by atoms with E-state index in [0.717, 1.165) is 21.5 Å². The Balaban J connectivity index is 1.89. The molecule has 0 spiro atoms. The van der Waals surface area contributed by atoms with Gasteiger partial charge in [0, 0.05) is 16.8 Å². The number of halogens is 3. The summed E-state index contributed by atoms with van der Waals surface area (Å²) in [7, 11) is 0. The molecule has 1 aromatic carbocycles. The number of alkyl halides is 2. The number of nitrogens with one attached hydrogen (secondary N) is 1. The van der Waals surface area contributed by atoms with Gasteiger partial charge >= 0.3 is 6.61 Å². The predicted octanol–water partition coefficient (Wildman–Crippen LogP) is 5.12. The lowest BCUT2D eigenvalue weighted by Gasteiger charge is -2.09. The van der Waals surface area contributed by atoms with Crippen molar-refractivity contribution in [2.45, 2.75) is 27.4 Å². The zero-order valence-corrected chi connectivity index (χ0v) is 15.6. The van der Waals surface area contributed by atoms with Crippen molar-refractivity contribution in [3.63, 3.8) is 0 Å². The van der Waals surface area contributed by atoms with E-state index in [0.29, 0.717) is 16.4 Å². The average Bonchev–Trinajstić information content (AvgIpc) is 2.86. The molecule has 2 aromatic heterocycles. The number of ether oxygens (including phenoxy) is 1. The molecule has 0 saturated heterocycles.